The number of para-hydroxylation sites is 2. The van der Waals surface area contributed by atoms with Crippen molar-refractivity contribution >= 4 is 34.8 Å². The minimum atomic E-state index is -0.763. The van der Waals surface area contributed by atoms with Gasteiger partial charge in [0, 0.05) is 25.1 Å². The molecule has 11 nitrogen and oxygen atoms in total. The first-order chi connectivity index (χ1) is 15.3. The van der Waals surface area contributed by atoms with Crippen molar-refractivity contribution in [3.63, 3.8) is 0 Å². The third-order valence-electron chi connectivity index (χ3n) is 4.85. The van der Waals surface area contributed by atoms with E-state index in [1.807, 2.05) is 0 Å². The largest absolute Gasteiger partial charge is 0.497 e. The maximum absolute atomic E-state index is 12.4. The van der Waals surface area contributed by atoms with E-state index in [1.165, 1.54) is 37.3 Å². The van der Waals surface area contributed by atoms with Gasteiger partial charge in [-0.15, -0.1) is 0 Å². The van der Waals surface area contributed by atoms with E-state index in [-0.39, 0.29) is 30.2 Å². The van der Waals surface area contributed by atoms with Crippen LogP contribution >= 0.6 is 0 Å². The van der Waals surface area contributed by atoms with Crippen LogP contribution in [0.4, 0.5) is 17.1 Å². The number of hydrogen-bond acceptors (Lipinski definition) is 8. The van der Waals surface area contributed by atoms with Crippen molar-refractivity contribution in [1.82, 2.24) is 0 Å². The van der Waals surface area contributed by atoms with Gasteiger partial charge in [-0.3, -0.25) is 24.5 Å². The molecule has 2 aromatic rings. The number of amides is 2. The van der Waals surface area contributed by atoms with Crippen LogP contribution in [0.2, 0.25) is 0 Å². The van der Waals surface area contributed by atoms with Crippen molar-refractivity contribution in [3.8, 4) is 11.5 Å². The molecular weight excluding hydrogens is 422 g/mol. The van der Waals surface area contributed by atoms with Crippen LogP contribution in [0.15, 0.2) is 42.5 Å². The number of nitro groups is 1. The van der Waals surface area contributed by atoms with Gasteiger partial charge < -0.3 is 24.4 Å². The maximum atomic E-state index is 12.4. The average Bonchev–Trinajstić information content (AvgIpc) is 3.18. The van der Waals surface area contributed by atoms with Gasteiger partial charge in [0.05, 0.1) is 30.7 Å². The van der Waals surface area contributed by atoms with E-state index in [1.54, 1.807) is 24.3 Å². The summed E-state index contributed by atoms with van der Waals surface area (Å²) in [5.41, 5.74) is 0.117. The van der Waals surface area contributed by atoms with Crippen LogP contribution in [-0.4, -0.2) is 50.1 Å². The fourth-order valence-electron chi connectivity index (χ4n) is 3.29. The summed E-state index contributed by atoms with van der Waals surface area (Å²) in [4.78, 5) is 48.9. The molecule has 1 aliphatic heterocycles. The van der Waals surface area contributed by atoms with E-state index in [0.29, 0.717) is 17.2 Å². The molecule has 0 aliphatic carbocycles. The van der Waals surface area contributed by atoms with Crippen LogP contribution in [0.1, 0.15) is 6.42 Å². The second kappa shape index (κ2) is 9.77. The number of methoxy groups -OCH3 is 2. The van der Waals surface area contributed by atoms with Crippen LogP contribution < -0.4 is 19.7 Å². The highest BCUT2D eigenvalue weighted by Gasteiger charge is 2.37. The molecule has 168 valence electrons. The molecule has 2 aromatic carbocycles. The number of anilines is 2. The Labute approximate surface area is 183 Å². The summed E-state index contributed by atoms with van der Waals surface area (Å²) in [6, 6.07) is 10.8. The van der Waals surface area contributed by atoms with Crippen molar-refractivity contribution in [2.75, 3.05) is 37.6 Å². The van der Waals surface area contributed by atoms with Crippen LogP contribution in [0, 0.1) is 16.0 Å². The Bertz CT molecular complexity index is 1060. The highest BCUT2D eigenvalue weighted by molar-refractivity contribution is 6.01. The van der Waals surface area contributed by atoms with Gasteiger partial charge in [-0.2, -0.15) is 0 Å². The third kappa shape index (κ3) is 4.94. The van der Waals surface area contributed by atoms with Gasteiger partial charge in [0.1, 0.15) is 17.2 Å². The smallest absolute Gasteiger partial charge is 0.311 e. The number of benzene rings is 2. The molecule has 1 aliphatic rings. The average molecular weight is 443 g/mol. The minimum Gasteiger partial charge on any atom is -0.497 e. The summed E-state index contributed by atoms with van der Waals surface area (Å²) < 4.78 is 15.3. The molecule has 0 bridgehead atoms. The normalized spacial score (nSPS) is 15.2. The first-order valence-corrected chi connectivity index (χ1v) is 9.56. The lowest BCUT2D eigenvalue weighted by Crippen LogP contribution is -2.28. The summed E-state index contributed by atoms with van der Waals surface area (Å²) in [7, 11) is 2.86. The molecule has 11 heteroatoms. The molecule has 1 N–H and O–H groups in total. The molecule has 1 atom stereocenters. The van der Waals surface area contributed by atoms with Gasteiger partial charge in [-0.25, -0.2) is 0 Å². The topological polar surface area (TPSA) is 137 Å². The van der Waals surface area contributed by atoms with Crippen molar-refractivity contribution in [1.29, 1.82) is 0 Å². The predicted octanol–water partition coefficient (Wildman–Crippen LogP) is 2.15. The van der Waals surface area contributed by atoms with E-state index in [0.717, 1.165) is 0 Å². The quantitative estimate of drug-likeness (QED) is 0.372. The lowest BCUT2D eigenvalue weighted by Gasteiger charge is -2.19. The lowest BCUT2D eigenvalue weighted by atomic mass is 10.1. The van der Waals surface area contributed by atoms with E-state index < -0.39 is 29.3 Å². The fraction of sp³-hybridized carbons (Fsp3) is 0.286. The Morgan fingerprint density at radius 2 is 1.94 bits per heavy atom. The standard InChI is InChI=1S/C21H21N3O8/c1-30-14-7-8-16(24(28)29)15(10-14)22-19(25)12-32-21(27)13-9-20(26)23(11-13)17-5-3-4-6-18(17)31-2/h3-8,10,13H,9,11-12H2,1-2H3,(H,22,25)/t13-/m0/s1. The summed E-state index contributed by atoms with van der Waals surface area (Å²) in [6.07, 6.45) is -0.0696. The number of carbonyl (C=O) groups excluding carboxylic acids is 3. The second-order valence-corrected chi connectivity index (χ2v) is 6.87. The van der Waals surface area contributed by atoms with Crippen LogP contribution in [0.25, 0.3) is 0 Å². The Kier molecular flexibility index (Phi) is 6.88. The van der Waals surface area contributed by atoms with E-state index in [4.69, 9.17) is 14.2 Å². The van der Waals surface area contributed by atoms with Gasteiger partial charge in [0.25, 0.3) is 11.6 Å². The minimum absolute atomic E-state index is 0.0696. The second-order valence-electron chi connectivity index (χ2n) is 6.87. The van der Waals surface area contributed by atoms with Crippen molar-refractivity contribution in [2.24, 2.45) is 5.92 Å². The predicted molar refractivity (Wildman–Crippen MR) is 113 cm³/mol. The highest BCUT2D eigenvalue weighted by Crippen LogP contribution is 2.33. The Morgan fingerprint density at radius 3 is 2.62 bits per heavy atom. The van der Waals surface area contributed by atoms with Gasteiger partial charge >= 0.3 is 5.97 Å². The first kappa shape index (κ1) is 22.5. The first-order valence-electron chi connectivity index (χ1n) is 9.56. The van der Waals surface area contributed by atoms with E-state index in [2.05, 4.69) is 5.32 Å². The number of carbonyl (C=O) groups is 3. The van der Waals surface area contributed by atoms with E-state index >= 15 is 0 Å². The van der Waals surface area contributed by atoms with Crippen molar-refractivity contribution in [3.05, 3.63) is 52.6 Å². The van der Waals surface area contributed by atoms with Crippen molar-refractivity contribution < 1.29 is 33.5 Å². The molecule has 0 spiro atoms. The maximum Gasteiger partial charge on any atom is 0.311 e. The monoisotopic (exact) mass is 443 g/mol. The van der Waals surface area contributed by atoms with E-state index in [9.17, 15) is 24.5 Å². The van der Waals surface area contributed by atoms with Crippen LogP contribution in [0.3, 0.4) is 0 Å². The Hall–Kier alpha value is -4.15. The molecule has 32 heavy (non-hydrogen) atoms. The van der Waals surface area contributed by atoms with Crippen LogP contribution in [-0.2, 0) is 19.1 Å². The van der Waals surface area contributed by atoms with Crippen molar-refractivity contribution in [2.45, 2.75) is 6.42 Å². The SMILES string of the molecule is COc1ccc([N+](=O)[O-])c(NC(=O)COC(=O)[C@H]2CC(=O)N(c3ccccc3OC)C2)c1. The number of nitrogens with one attached hydrogen (secondary N) is 1. The number of hydrogen-bond donors (Lipinski definition) is 1. The molecule has 2 amide bonds. The van der Waals surface area contributed by atoms with Crippen LogP contribution in [0.5, 0.6) is 11.5 Å². The number of ether oxygens (including phenoxy) is 3. The van der Waals surface area contributed by atoms with Gasteiger partial charge in [-0.1, -0.05) is 12.1 Å². The number of esters is 1. The third-order valence-corrected chi connectivity index (χ3v) is 4.85. The van der Waals surface area contributed by atoms with Gasteiger partial charge in [0.2, 0.25) is 5.91 Å². The summed E-state index contributed by atoms with van der Waals surface area (Å²) >= 11 is 0. The number of nitro benzene ring substituents is 1. The Morgan fingerprint density at radius 1 is 1.19 bits per heavy atom. The molecular formula is C21H21N3O8. The summed E-state index contributed by atoms with van der Waals surface area (Å²) in [5.74, 6) is -1.70. The molecule has 3 rings (SSSR count). The summed E-state index contributed by atoms with van der Waals surface area (Å²) in [5, 5.41) is 13.5. The summed E-state index contributed by atoms with van der Waals surface area (Å²) in [6.45, 7) is -0.576. The zero-order chi connectivity index (χ0) is 23.3. The van der Waals surface area contributed by atoms with Gasteiger partial charge in [-0.05, 0) is 18.2 Å². The number of rotatable bonds is 8. The molecule has 0 saturated carbocycles. The molecule has 0 radical (unpaired) electrons. The van der Waals surface area contributed by atoms with Gasteiger partial charge in [0.15, 0.2) is 6.61 Å². The Balaban J connectivity index is 1.60. The molecule has 1 heterocycles. The molecule has 1 saturated heterocycles. The zero-order valence-corrected chi connectivity index (χ0v) is 17.4. The highest BCUT2D eigenvalue weighted by atomic mass is 16.6. The zero-order valence-electron chi connectivity index (χ0n) is 17.4. The molecule has 0 unspecified atom stereocenters. The number of nitrogens with zero attached hydrogens (tertiary/aromatic N) is 2. The molecule has 0 aromatic heterocycles. The lowest BCUT2D eigenvalue weighted by molar-refractivity contribution is -0.383. The molecule has 1 fully saturated rings. The fourth-order valence-corrected chi connectivity index (χ4v) is 3.29.